The van der Waals surface area contributed by atoms with E-state index in [0.29, 0.717) is 17.0 Å². The highest BCUT2D eigenvalue weighted by Crippen LogP contribution is 2.41. The molecule has 0 saturated heterocycles. The standard InChI is InChI=1S/C11H11NO2S2/c13-7-3-1-6(2-4-7)8-5-9(12-14)11(16)10(8)15/h1-4,8,13-16H,5H2. The van der Waals surface area contributed by atoms with Crippen LogP contribution in [0.2, 0.25) is 0 Å². The van der Waals surface area contributed by atoms with E-state index in [1.54, 1.807) is 12.1 Å². The zero-order valence-electron chi connectivity index (χ0n) is 8.33. The molecule has 2 rings (SSSR count). The molecule has 0 aromatic heterocycles. The van der Waals surface area contributed by atoms with E-state index in [1.807, 2.05) is 12.1 Å². The number of oxime groups is 1. The second-order valence-electron chi connectivity index (χ2n) is 3.63. The van der Waals surface area contributed by atoms with Crippen molar-refractivity contribution in [3.05, 3.63) is 39.6 Å². The Morgan fingerprint density at radius 2 is 1.81 bits per heavy atom. The maximum atomic E-state index is 9.21. The van der Waals surface area contributed by atoms with Crippen LogP contribution in [0.15, 0.2) is 39.2 Å². The number of phenols is 1. The van der Waals surface area contributed by atoms with Crippen molar-refractivity contribution in [2.24, 2.45) is 5.16 Å². The topological polar surface area (TPSA) is 52.8 Å². The van der Waals surface area contributed by atoms with Crippen LogP contribution in [-0.4, -0.2) is 16.0 Å². The maximum Gasteiger partial charge on any atom is 0.115 e. The van der Waals surface area contributed by atoms with Gasteiger partial charge in [-0.1, -0.05) is 17.3 Å². The number of benzene rings is 1. The molecule has 1 aliphatic rings. The van der Waals surface area contributed by atoms with Gasteiger partial charge in [0.2, 0.25) is 0 Å². The van der Waals surface area contributed by atoms with Crippen LogP contribution in [0, 0.1) is 0 Å². The Labute approximate surface area is 104 Å². The summed E-state index contributed by atoms with van der Waals surface area (Å²) in [4.78, 5) is 1.42. The fraction of sp³-hybridized carbons (Fsp3) is 0.182. The summed E-state index contributed by atoms with van der Waals surface area (Å²) in [5.74, 6) is 0.288. The molecule has 0 aliphatic heterocycles. The summed E-state index contributed by atoms with van der Waals surface area (Å²) in [6.07, 6.45) is 0.582. The zero-order chi connectivity index (χ0) is 11.7. The molecule has 1 aliphatic carbocycles. The molecule has 84 valence electrons. The Balaban J connectivity index is 2.35. The number of aromatic hydroxyl groups is 1. The summed E-state index contributed by atoms with van der Waals surface area (Å²) in [6.45, 7) is 0. The highest BCUT2D eigenvalue weighted by Gasteiger charge is 2.28. The number of phenolic OH excluding ortho intramolecular Hbond substituents is 1. The fourth-order valence-electron chi connectivity index (χ4n) is 1.77. The van der Waals surface area contributed by atoms with Crippen molar-refractivity contribution in [1.82, 2.24) is 0 Å². The van der Waals surface area contributed by atoms with Crippen molar-refractivity contribution in [2.75, 3.05) is 0 Å². The molecule has 3 nitrogen and oxygen atoms in total. The van der Waals surface area contributed by atoms with Crippen LogP contribution in [0.4, 0.5) is 0 Å². The number of hydrogen-bond donors (Lipinski definition) is 4. The van der Waals surface area contributed by atoms with Gasteiger partial charge in [0.1, 0.15) is 5.75 Å². The third-order valence-electron chi connectivity index (χ3n) is 2.66. The Morgan fingerprint density at radius 3 is 2.31 bits per heavy atom. The van der Waals surface area contributed by atoms with E-state index in [9.17, 15) is 5.11 Å². The van der Waals surface area contributed by atoms with Crippen molar-refractivity contribution >= 4 is 31.0 Å². The lowest BCUT2D eigenvalue weighted by Crippen LogP contribution is -1.97. The van der Waals surface area contributed by atoms with Crippen LogP contribution >= 0.6 is 25.3 Å². The summed E-state index contributed by atoms with van der Waals surface area (Å²) < 4.78 is 0. The van der Waals surface area contributed by atoms with Gasteiger partial charge in [-0.3, -0.25) is 0 Å². The quantitative estimate of drug-likeness (QED) is 0.353. The Bertz CT molecular complexity index is 465. The third kappa shape index (κ3) is 1.92. The lowest BCUT2D eigenvalue weighted by Gasteiger charge is -2.10. The normalized spacial score (nSPS) is 23.1. The lowest BCUT2D eigenvalue weighted by molar-refractivity contribution is 0.318. The molecule has 2 N–H and O–H groups in total. The van der Waals surface area contributed by atoms with Crippen LogP contribution in [-0.2, 0) is 0 Å². The minimum atomic E-state index is 0.0577. The molecular formula is C11H11NO2S2. The Morgan fingerprint density at radius 1 is 1.19 bits per heavy atom. The minimum absolute atomic E-state index is 0.0577. The minimum Gasteiger partial charge on any atom is -0.508 e. The molecule has 1 aromatic rings. The van der Waals surface area contributed by atoms with E-state index < -0.39 is 0 Å². The fourth-order valence-corrected chi connectivity index (χ4v) is 2.43. The number of thiol groups is 2. The summed E-state index contributed by atoms with van der Waals surface area (Å²) >= 11 is 8.64. The van der Waals surface area contributed by atoms with Gasteiger partial charge in [0.15, 0.2) is 0 Å². The molecule has 0 fully saturated rings. The van der Waals surface area contributed by atoms with Crippen molar-refractivity contribution in [1.29, 1.82) is 0 Å². The van der Waals surface area contributed by atoms with Crippen molar-refractivity contribution in [3.63, 3.8) is 0 Å². The first-order valence-corrected chi connectivity index (χ1v) is 5.65. The molecule has 0 amide bonds. The number of nitrogens with zero attached hydrogens (tertiary/aromatic N) is 1. The highest BCUT2D eigenvalue weighted by molar-refractivity contribution is 7.89. The molecule has 1 unspecified atom stereocenters. The van der Waals surface area contributed by atoms with Gasteiger partial charge < -0.3 is 10.3 Å². The van der Waals surface area contributed by atoms with Gasteiger partial charge in [-0.15, -0.1) is 25.3 Å². The van der Waals surface area contributed by atoms with Crippen molar-refractivity contribution in [2.45, 2.75) is 12.3 Å². The second kappa shape index (κ2) is 4.43. The van der Waals surface area contributed by atoms with E-state index >= 15 is 0 Å². The number of hydrogen-bond acceptors (Lipinski definition) is 5. The predicted octanol–water partition coefficient (Wildman–Crippen LogP) is 2.78. The first kappa shape index (κ1) is 11.4. The monoisotopic (exact) mass is 253 g/mol. The molecule has 1 atom stereocenters. The van der Waals surface area contributed by atoms with E-state index in [1.165, 1.54) is 0 Å². The predicted molar refractivity (Wildman–Crippen MR) is 69.7 cm³/mol. The van der Waals surface area contributed by atoms with Crippen LogP contribution < -0.4 is 0 Å². The van der Waals surface area contributed by atoms with Gasteiger partial charge in [-0.25, -0.2) is 0 Å². The third-order valence-corrected chi connectivity index (χ3v) is 3.87. The van der Waals surface area contributed by atoms with Crippen molar-refractivity contribution < 1.29 is 10.3 Å². The number of rotatable bonds is 1. The molecule has 1 aromatic carbocycles. The van der Waals surface area contributed by atoms with E-state index in [4.69, 9.17) is 5.21 Å². The van der Waals surface area contributed by atoms with Crippen molar-refractivity contribution in [3.8, 4) is 5.75 Å². The van der Waals surface area contributed by atoms with Crippen LogP contribution in [0.5, 0.6) is 5.75 Å². The first-order chi connectivity index (χ1) is 7.63. The summed E-state index contributed by atoms with van der Waals surface area (Å²) in [5.41, 5.74) is 1.57. The molecule has 0 bridgehead atoms. The van der Waals surface area contributed by atoms with Gasteiger partial charge >= 0.3 is 0 Å². The Hall–Kier alpha value is -1.07. The highest BCUT2D eigenvalue weighted by atomic mass is 32.1. The number of allylic oxidation sites excluding steroid dienone is 2. The average molecular weight is 253 g/mol. The van der Waals surface area contributed by atoms with E-state index in [-0.39, 0.29) is 11.7 Å². The maximum absolute atomic E-state index is 9.21. The first-order valence-electron chi connectivity index (χ1n) is 4.75. The second-order valence-corrected chi connectivity index (χ2v) is 4.56. The molecule has 5 heteroatoms. The largest absolute Gasteiger partial charge is 0.508 e. The van der Waals surface area contributed by atoms with Gasteiger partial charge in [0, 0.05) is 22.1 Å². The van der Waals surface area contributed by atoms with Gasteiger partial charge in [0.05, 0.1) is 5.71 Å². The van der Waals surface area contributed by atoms with Gasteiger partial charge in [0.25, 0.3) is 0 Å². The lowest BCUT2D eigenvalue weighted by atomic mass is 9.98. The molecule has 0 heterocycles. The van der Waals surface area contributed by atoms with Gasteiger partial charge in [-0.05, 0) is 17.7 Å². The summed E-state index contributed by atoms with van der Waals surface area (Å²) in [6, 6.07) is 6.92. The van der Waals surface area contributed by atoms with Crippen LogP contribution in [0.3, 0.4) is 0 Å². The average Bonchev–Trinajstić information content (AvgIpc) is 2.57. The van der Waals surface area contributed by atoms with E-state index in [0.717, 1.165) is 10.5 Å². The SMILES string of the molecule is ON=C1CC(c2ccc(O)cc2)C(S)=C1S. The van der Waals surface area contributed by atoms with E-state index in [2.05, 4.69) is 30.4 Å². The van der Waals surface area contributed by atoms with Crippen LogP contribution in [0.25, 0.3) is 0 Å². The molecule has 0 saturated carbocycles. The zero-order valence-corrected chi connectivity index (χ0v) is 10.1. The molecule has 0 spiro atoms. The molecule has 16 heavy (non-hydrogen) atoms. The summed E-state index contributed by atoms with van der Waals surface area (Å²) in [7, 11) is 0. The van der Waals surface area contributed by atoms with Crippen LogP contribution in [0.1, 0.15) is 17.9 Å². The molecule has 0 radical (unpaired) electrons. The Kier molecular flexibility index (Phi) is 3.16. The van der Waals surface area contributed by atoms with Gasteiger partial charge in [-0.2, -0.15) is 0 Å². The smallest absolute Gasteiger partial charge is 0.115 e. The summed E-state index contributed by atoms with van der Waals surface area (Å²) in [5, 5.41) is 21.2. The molecular weight excluding hydrogens is 242 g/mol.